The zero-order valence-electron chi connectivity index (χ0n) is 21.9. The standard InChI is InChI=1S/C30H25FN4O5/c1-15-18(6-5-9-22(15)35-28(38)19-7-4-8-20(31)25(19)33-29(35)39)24-12-16(14-36)26-27(37)32-21-13-17(30(2,3)40)10-11-23(21)34(24)26/h4-13,36,40H,14H2,1-3H3,(H,32,37)(H,33,39). The van der Waals surface area contributed by atoms with Crippen molar-refractivity contribution in [3.63, 3.8) is 0 Å². The Bertz CT molecular complexity index is 2180. The molecule has 0 spiro atoms. The second-order valence-electron chi connectivity index (χ2n) is 10.3. The molecule has 6 rings (SSSR count). The zero-order valence-corrected chi connectivity index (χ0v) is 21.9. The fourth-order valence-electron chi connectivity index (χ4n) is 5.34. The van der Waals surface area contributed by atoms with Crippen molar-refractivity contribution in [2.45, 2.75) is 33.0 Å². The third kappa shape index (κ3) is 3.72. The molecule has 0 bridgehead atoms. The quantitative estimate of drug-likeness (QED) is 0.271. The zero-order chi connectivity index (χ0) is 28.5. The summed E-state index contributed by atoms with van der Waals surface area (Å²) < 4.78 is 17.0. The lowest BCUT2D eigenvalue weighted by Crippen LogP contribution is -2.34. The van der Waals surface area contributed by atoms with Gasteiger partial charge in [0.1, 0.15) is 11.3 Å². The summed E-state index contributed by atoms with van der Waals surface area (Å²) >= 11 is 0. The first-order valence-electron chi connectivity index (χ1n) is 12.6. The number of H-pyrrole nitrogens is 2. The highest BCUT2D eigenvalue weighted by Crippen LogP contribution is 2.33. The van der Waals surface area contributed by atoms with Gasteiger partial charge < -0.3 is 24.6 Å². The molecule has 4 N–H and O–H groups in total. The number of benzene rings is 3. The Labute approximate surface area is 225 Å². The second kappa shape index (κ2) is 8.87. The van der Waals surface area contributed by atoms with Crippen molar-refractivity contribution < 1.29 is 14.6 Å². The van der Waals surface area contributed by atoms with Crippen molar-refractivity contribution in [1.82, 2.24) is 18.9 Å². The van der Waals surface area contributed by atoms with Gasteiger partial charge in [-0.25, -0.2) is 13.8 Å². The van der Waals surface area contributed by atoms with Gasteiger partial charge in [0.15, 0.2) is 0 Å². The van der Waals surface area contributed by atoms with Crippen LogP contribution in [0.1, 0.15) is 30.5 Å². The highest BCUT2D eigenvalue weighted by Gasteiger charge is 2.22. The Hall–Kier alpha value is -4.80. The molecule has 3 aromatic heterocycles. The van der Waals surface area contributed by atoms with Crippen LogP contribution in [-0.2, 0) is 12.2 Å². The van der Waals surface area contributed by atoms with Crippen LogP contribution in [0.3, 0.4) is 0 Å². The first-order valence-corrected chi connectivity index (χ1v) is 12.6. The molecule has 10 heteroatoms. The third-order valence-electron chi connectivity index (χ3n) is 7.36. The lowest BCUT2D eigenvalue weighted by atomic mass is 9.98. The Morgan fingerprint density at radius 3 is 2.45 bits per heavy atom. The molecule has 0 radical (unpaired) electrons. The van der Waals surface area contributed by atoms with E-state index in [0.29, 0.717) is 39.0 Å². The number of hydrogen-bond donors (Lipinski definition) is 4. The van der Waals surface area contributed by atoms with Crippen LogP contribution in [0.2, 0.25) is 0 Å². The molecule has 0 saturated carbocycles. The highest BCUT2D eigenvalue weighted by atomic mass is 19.1. The maximum absolute atomic E-state index is 14.3. The number of para-hydroxylation sites is 1. The Balaban J connectivity index is 1.67. The lowest BCUT2D eigenvalue weighted by Gasteiger charge is -2.19. The number of aliphatic hydroxyl groups is 2. The molecular formula is C30H25FN4O5. The van der Waals surface area contributed by atoms with E-state index in [-0.39, 0.29) is 22.1 Å². The normalized spacial score (nSPS) is 12.2. The van der Waals surface area contributed by atoms with E-state index >= 15 is 0 Å². The van der Waals surface area contributed by atoms with Crippen molar-refractivity contribution in [2.75, 3.05) is 0 Å². The van der Waals surface area contributed by atoms with Gasteiger partial charge >= 0.3 is 5.69 Å². The van der Waals surface area contributed by atoms with Gasteiger partial charge in [0, 0.05) is 11.1 Å². The van der Waals surface area contributed by atoms with Gasteiger partial charge in [0.25, 0.3) is 11.1 Å². The van der Waals surface area contributed by atoms with Crippen LogP contribution < -0.4 is 16.8 Å². The number of aromatic amines is 2. The molecule has 0 unspecified atom stereocenters. The Kier molecular flexibility index (Phi) is 5.65. The Morgan fingerprint density at radius 2 is 1.73 bits per heavy atom. The van der Waals surface area contributed by atoms with E-state index < -0.39 is 34.8 Å². The van der Waals surface area contributed by atoms with Gasteiger partial charge in [-0.3, -0.25) is 9.59 Å². The number of aliphatic hydroxyl groups excluding tert-OH is 1. The SMILES string of the molecule is Cc1c(-c2cc(CO)c3c(=O)[nH]c4cc(C(C)(C)O)ccc4n23)cccc1-n1c(=O)[nH]c2c(F)cccc2c1=O. The predicted molar refractivity (Wildman–Crippen MR) is 151 cm³/mol. The maximum Gasteiger partial charge on any atom is 0.333 e. The molecule has 0 aliphatic heterocycles. The van der Waals surface area contributed by atoms with Crippen molar-refractivity contribution in [1.29, 1.82) is 0 Å². The molecule has 0 fully saturated rings. The van der Waals surface area contributed by atoms with Crippen molar-refractivity contribution >= 4 is 27.5 Å². The number of aromatic nitrogens is 4. The van der Waals surface area contributed by atoms with Crippen LogP contribution >= 0.6 is 0 Å². The number of nitrogens with one attached hydrogen (secondary N) is 2. The Morgan fingerprint density at radius 1 is 0.975 bits per heavy atom. The molecule has 0 aliphatic carbocycles. The van der Waals surface area contributed by atoms with Crippen LogP contribution in [-0.4, -0.2) is 29.1 Å². The van der Waals surface area contributed by atoms with Gasteiger partial charge in [-0.05, 0) is 68.3 Å². The van der Waals surface area contributed by atoms with E-state index in [4.69, 9.17) is 0 Å². The third-order valence-corrected chi connectivity index (χ3v) is 7.36. The fraction of sp³-hybridized carbons (Fsp3) is 0.167. The van der Waals surface area contributed by atoms with Crippen LogP contribution in [0.25, 0.3) is 44.4 Å². The molecule has 0 atom stereocenters. The molecule has 0 aliphatic rings. The summed E-state index contributed by atoms with van der Waals surface area (Å²) in [6.45, 7) is 4.64. The van der Waals surface area contributed by atoms with E-state index in [2.05, 4.69) is 9.97 Å². The molecule has 6 aromatic rings. The molecule has 3 heterocycles. The fourth-order valence-corrected chi connectivity index (χ4v) is 5.34. The molecule has 9 nitrogen and oxygen atoms in total. The van der Waals surface area contributed by atoms with E-state index in [0.717, 1.165) is 4.57 Å². The molecule has 0 amide bonds. The summed E-state index contributed by atoms with van der Waals surface area (Å²) in [4.78, 5) is 45.0. The summed E-state index contributed by atoms with van der Waals surface area (Å²) in [5, 5.41) is 20.6. The van der Waals surface area contributed by atoms with E-state index in [1.807, 2.05) is 0 Å². The maximum atomic E-state index is 14.3. The van der Waals surface area contributed by atoms with Gasteiger partial charge in [-0.2, -0.15) is 0 Å². The van der Waals surface area contributed by atoms with Crippen LogP contribution in [0.5, 0.6) is 0 Å². The van der Waals surface area contributed by atoms with Gasteiger partial charge in [-0.15, -0.1) is 0 Å². The average molecular weight is 541 g/mol. The largest absolute Gasteiger partial charge is 0.392 e. The van der Waals surface area contributed by atoms with E-state index in [1.165, 1.54) is 18.2 Å². The summed E-state index contributed by atoms with van der Waals surface area (Å²) in [5.41, 5.74) is 1.18. The molecular weight excluding hydrogens is 515 g/mol. The monoisotopic (exact) mass is 540 g/mol. The predicted octanol–water partition coefficient (Wildman–Crippen LogP) is 3.61. The smallest absolute Gasteiger partial charge is 0.333 e. The molecule has 3 aromatic carbocycles. The summed E-state index contributed by atoms with van der Waals surface area (Å²) in [6.07, 6.45) is 0. The average Bonchev–Trinajstić information content (AvgIpc) is 3.30. The highest BCUT2D eigenvalue weighted by molar-refractivity contribution is 5.86. The number of halogens is 1. The summed E-state index contributed by atoms with van der Waals surface area (Å²) in [7, 11) is 0. The number of nitrogens with zero attached hydrogens (tertiary/aromatic N) is 2. The van der Waals surface area contributed by atoms with E-state index in [9.17, 15) is 29.0 Å². The van der Waals surface area contributed by atoms with Crippen LogP contribution in [0.4, 0.5) is 4.39 Å². The molecule has 0 saturated heterocycles. The minimum absolute atomic E-state index is 0.0280. The first kappa shape index (κ1) is 25.5. The number of hydrogen-bond acceptors (Lipinski definition) is 5. The van der Waals surface area contributed by atoms with Gasteiger partial charge in [0.05, 0.1) is 45.5 Å². The molecule has 202 valence electrons. The number of rotatable bonds is 4. The van der Waals surface area contributed by atoms with Gasteiger partial charge in [-0.1, -0.05) is 24.3 Å². The van der Waals surface area contributed by atoms with Crippen molar-refractivity contribution in [2.24, 2.45) is 0 Å². The second-order valence-corrected chi connectivity index (χ2v) is 10.3. The first-order chi connectivity index (χ1) is 19.0. The van der Waals surface area contributed by atoms with Crippen LogP contribution in [0, 0.1) is 12.7 Å². The summed E-state index contributed by atoms with van der Waals surface area (Å²) in [5.74, 6) is -0.703. The minimum Gasteiger partial charge on any atom is -0.392 e. The van der Waals surface area contributed by atoms with Gasteiger partial charge in [0.2, 0.25) is 0 Å². The molecule has 40 heavy (non-hydrogen) atoms. The van der Waals surface area contributed by atoms with Crippen molar-refractivity contribution in [3.8, 4) is 16.9 Å². The summed E-state index contributed by atoms with van der Waals surface area (Å²) in [6, 6.07) is 16.0. The topological polar surface area (TPSA) is 133 Å². The minimum atomic E-state index is -1.14. The van der Waals surface area contributed by atoms with Crippen molar-refractivity contribution in [3.05, 3.63) is 114 Å². The van der Waals surface area contributed by atoms with Crippen LogP contribution in [0.15, 0.2) is 75.0 Å². The van der Waals surface area contributed by atoms with E-state index in [1.54, 1.807) is 67.6 Å². The lowest BCUT2D eigenvalue weighted by molar-refractivity contribution is 0.0787. The number of fused-ring (bicyclic) bond motifs is 4.